The van der Waals surface area contributed by atoms with Crippen LogP contribution in [0, 0.1) is 35.0 Å². The molecule has 5 nitrogen and oxygen atoms in total. The molecule has 2 saturated carbocycles. The van der Waals surface area contributed by atoms with E-state index in [2.05, 4.69) is 52.4 Å². The summed E-state index contributed by atoms with van der Waals surface area (Å²) in [5.41, 5.74) is -1.37. The summed E-state index contributed by atoms with van der Waals surface area (Å²) in [4.78, 5) is 26.9. The highest BCUT2D eigenvalue weighted by molar-refractivity contribution is 5.96. The van der Waals surface area contributed by atoms with Crippen molar-refractivity contribution in [2.45, 2.75) is 117 Å². The summed E-state index contributed by atoms with van der Waals surface area (Å²) < 4.78 is 5.96. The molecule has 2 fully saturated rings. The zero-order valence-corrected chi connectivity index (χ0v) is 25.8. The predicted octanol–water partition coefficient (Wildman–Crippen LogP) is 7.32. The monoisotopic (exact) mass is 541 g/mol. The number of Topliss-reactive ketones (excluding diaryl/α,β-unsaturated/α-hetero) is 2. The molecule has 2 aliphatic carbocycles. The molecule has 2 aliphatic rings. The molecule has 2 N–H and O–H groups in total. The molecule has 0 spiro atoms. The van der Waals surface area contributed by atoms with E-state index in [0.29, 0.717) is 36.1 Å². The minimum Gasteiger partial charge on any atom is -0.474 e. The van der Waals surface area contributed by atoms with Gasteiger partial charge in [-0.15, -0.1) is 13.2 Å². The van der Waals surface area contributed by atoms with Crippen molar-refractivity contribution in [1.82, 2.24) is 5.32 Å². The Hall–Kier alpha value is -2.14. The van der Waals surface area contributed by atoms with E-state index in [0.717, 1.165) is 32.1 Å². The second kappa shape index (κ2) is 13.0. The van der Waals surface area contributed by atoms with E-state index >= 15 is 0 Å². The molecule has 0 heterocycles. The lowest BCUT2D eigenvalue weighted by molar-refractivity contribution is -0.134. The first-order chi connectivity index (χ1) is 17.9. The maximum Gasteiger partial charge on any atom is 0.180 e. The highest BCUT2D eigenvalue weighted by atomic mass is 16.5. The van der Waals surface area contributed by atoms with E-state index in [4.69, 9.17) is 4.74 Å². The molecule has 7 atom stereocenters. The van der Waals surface area contributed by atoms with Crippen molar-refractivity contribution >= 4 is 11.6 Å². The van der Waals surface area contributed by atoms with E-state index in [1.54, 1.807) is 0 Å². The third kappa shape index (κ3) is 8.93. The Morgan fingerprint density at radius 2 is 1.64 bits per heavy atom. The fourth-order valence-electron chi connectivity index (χ4n) is 6.72. The minimum atomic E-state index is -1.18. The maximum absolute atomic E-state index is 14.0. The Labute approximate surface area is 238 Å². The number of nitrogens with one attached hydrogen (secondary N) is 1. The molecule has 5 heteroatoms. The van der Waals surface area contributed by atoms with Crippen LogP contribution < -0.4 is 5.32 Å². The van der Waals surface area contributed by atoms with Gasteiger partial charge in [0.15, 0.2) is 11.7 Å². The number of rotatable bonds is 17. The molecular formula is C34H55NO4. The lowest BCUT2D eigenvalue weighted by Crippen LogP contribution is -2.60. The molecule has 220 valence electrons. The van der Waals surface area contributed by atoms with Gasteiger partial charge < -0.3 is 15.2 Å². The zero-order chi connectivity index (χ0) is 29.8. The van der Waals surface area contributed by atoms with Crippen LogP contribution in [-0.4, -0.2) is 33.9 Å². The van der Waals surface area contributed by atoms with Crippen LogP contribution >= 0.6 is 0 Å². The molecule has 0 amide bonds. The van der Waals surface area contributed by atoms with E-state index < -0.39 is 11.2 Å². The number of ketones is 2. The molecule has 0 aromatic heterocycles. The van der Waals surface area contributed by atoms with Crippen LogP contribution in [0.25, 0.3) is 0 Å². The number of ether oxygens (including phenoxy) is 1. The predicted molar refractivity (Wildman–Crippen MR) is 161 cm³/mol. The number of allylic oxidation sites excluding steroid dienone is 3. The number of carbonyl (C=O) groups is 2. The van der Waals surface area contributed by atoms with Crippen LogP contribution in [-0.2, 0) is 14.3 Å². The number of hydrogen-bond acceptors (Lipinski definition) is 5. The Morgan fingerprint density at radius 3 is 2.18 bits per heavy atom. The van der Waals surface area contributed by atoms with E-state index in [9.17, 15) is 14.7 Å². The van der Waals surface area contributed by atoms with Crippen molar-refractivity contribution in [2.24, 2.45) is 35.0 Å². The molecule has 7 unspecified atom stereocenters. The number of carbonyl (C=O) groups excluding carboxylic acids is 2. The first kappa shape index (κ1) is 33.1. The van der Waals surface area contributed by atoms with Gasteiger partial charge in [-0.25, -0.2) is 0 Å². The summed E-state index contributed by atoms with van der Waals surface area (Å²) in [5, 5.41) is 15.6. The van der Waals surface area contributed by atoms with Gasteiger partial charge >= 0.3 is 0 Å². The standard InChI is InChI=1S/C34H55NO4/c1-12-14-16-18-28(36)22(3)24(17-15-13-2)21-29(37)30-26-19-25(26)20-27(30)34(11,38)31(32(5,6)7)35-23(4)39-33(8,9)10/h12-13,24-27,30-31,35,38H,1-4,14-21H2,5-11H3. The van der Waals surface area contributed by atoms with Gasteiger partial charge in [0.25, 0.3) is 0 Å². The molecule has 2 rings (SSSR count). The first-order valence-electron chi connectivity index (χ1n) is 14.8. The molecular weight excluding hydrogens is 486 g/mol. The van der Waals surface area contributed by atoms with Crippen molar-refractivity contribution < 1.29 is 19.4 Å². The lowest BCUT2D eigenvalue weighted by atomic mass is 9.66. The summed E-state index contributed by atoms with van der Waals surface area (Å²) >= 11 is 0. The van der Waals surface area contributed by atoms with Crippen molar-refractivity contribution in [1.29, 1.82) is 0 Å². The third-order valence-corrected chi connectivity index (χ3v) is 8.57. The van der Waals surface area contributed by atoms with Crippen molar-refractivity contribution in [3.63, 3.8) is 0 Å². The quantitative estimate of drug-likeness (QED) is 0.0873. The van der Waals surface area contributed by atoms with E-state index in [1.807, 2.05) is 39.8 Å². The van der Waals surface area contributed by atoms with Crippen LogP contribution in [0.2, 0.25) is 0 Å². The summed E-state index contributed by atoms with van der Waals surface area (Å²) in [6.07, 6.45) is 9.15. The van der Waals surface area contributed by atoms with Crippen molar-refractivity contribution in [3.05, 3.63) is 49.9 Å². The van der Waals surface area contributed by atoms with Crippen molar-refractivity contribution in [3.8, 4) is 0 Å². The number of hydrogen-bond donors (Lipinski definition) is 2. The summed E-state index contributed by atoms with van der Waals surface area (Å²) in [6, 6.07) is -0.379. The summed E-state index contributed by atoms with van der Waals surface area (Å²) in [7, 11) is 0. The molecule has 0 bridgehead atoms. The molecule has 0 aliphatic heterocycles. The van der Waals surface area contributed by atoms with Gasteiger partial charge in [0, 0.05) is 18.8 Å². The fraction of sp³-hybridized carbons (Fsp3) is 0.706. The van der Waals surface area contributed by atoms with Gasteiger partial charge in [-0.1, -0.05) is 39.5 Å². The average Bonchev–Trinajstić information content (AvgIpc) is 3.46. The highest BCUT2D eigenvalue weighted by Crippen LogP contribution is 2.62. The van der Waals surface area contributed by atoms with Crippen LogP contribution in [0.15, 0.2) is 49.9 Å². The Bertz CT molecular complexity index is 932. The van der Waals surface area contributed by atoms with Gasteiger partial charge in [-0.3, -0.25) is 9.59 Å². The molecule has 0 radical (unpaired) electrons. The Kier molecular flexibility index (Phi) is 11.0. The average molecular weight is 542 g/mol. The molecule has 0 aromatic carbocycles. The van der Waals surface area contributed by atoms with Gasteiger partial charge in [0.05, 0.1) is 11.6 Å². The van der Waals surface area contributed by atoms with Gasteiger partial charge in [0.1, 0.15) is 11.4 Å². The SMILES string of the molecule is C=CCCCC(=O)C(=C)C(CCC=C)CC(=O)C1C2CC2CC1C(C)(O)C(NC(=C)OC(C)(C)C)C(C)(C)C. The Balaban J connectivity index is 2.27. The minimum absolute atomic E-state index is 0.0346. The smallest absolute Gasteiger partial charge is 0.180 e. The van der Waals surface area contributed by atoms with Crippen LogP contribution in [0.3, 0.4) is 0 Å². The number of unbranched alkanes of at least 4 members (excludes halogenated alkanes) is 1. The second-order valence-electron chi connectivity index (χ2n) is 14.2. The fourth-order valence-corrected chi connectivity index (χ4v) is 6.72. The van der Waals surface area contributed by atoms with E-state index in [1.165, 1.54) is 0 Å². The van der Waals surface area contributed by atoms with Gasteiger partial charge in [-0.05, 0) is 107 Å². The maximum atomic E-state index is 14.0. The number of aliphatic hydroxyl groups is 1. The largest absolute Gasteiger partial charge is 0.474 e. The topological polar surface area (TPSA) is 75.6 Å². The van der Waals surface area contributed by atoms with Crippen molar-refractivity contribution in [2.75, 3.05) is 0 Å². The van der Waals surface area contributed by atoms with Crippen LogP contribution in [0.5, 0.6) is 0 Å². The highest BCUT2D eigenvalue weighted by Gasteiger charge is 2.62. The van der Waals surface area contributed by atoms with E-state index in [-0.39, 0.29) is 47.2 Å². The normalized spacial score (nSPS) is 25.4. The first-order valence-corrected chi connectivity index (χ1v) is 14.8. The summed E-state index contributed by atoms with van der Waals surface area (Å²) in [6.45, 7) is 29.8. The van der Waals surface area contributed by atoms with Crippen LogP contribution in [0.1, 0.15) is 99.8 Å². The molecule has 0 saturated heterocycles. The lowest BCUT2D eigenvalue weighted by Gasteiger charge is -2.48. The van der Waals surface area contributed by atoms with Gasteiger partial charge in [0.2, 0.25) is 0 Å². The molecule has 0 aromatic rings. The van der Waals surface area contributed by atoms with Gasteiger partial charge in [-0.2, -0.15) is 0 Å². The summed E-state index contributed by atoms with van der Waals surface area (Å²) in [5.74, 6) is 0.758. The number of fused-ring (bicyclic) bond motifs is 1. The van der Waals surface area contributed by atoms with Crippen LogP contribution in [0.4, 0.5) is 0 Å². The second-order valence-corrected chi connectivity index (χ2v) is 14.2. The molecule has 39 heavy (non-hydrogen) atoms. The Morgan fingerprint density at radius 1 is 1.03 bits per heavy atom. The zero-order valence-electron chi connectivity index (χ0n) is 25.8. The third-order valence-electron chi connectivity index (χ3n) is 8.57.